The lowest BCUT2D eigenvalue weighted by atomic mass is 9.96. The van der Waals surface area contributed by atoms with Crippen LogP contribution in [0.3, 0.4) is 0 Å². The van der Waals surface area contributed by atoms with Crippen molar-refractivity contribution in [3.63, 3.8) is 0 Å². The first-order chi connectivity index (χ1) is 14.9. The van der Waals surface area contributed by atoms with Crippen LogP contribution in [0, 0.1) is 5.92 Å². The number of hydrogen-bond acceptors (Lipinski definition) is 5. The zero-order valence-corrected chi connectivity index (χ0v) is 18.8. The van der Waals surface area contributed by atoms with Crippen molar-refractivity contribution in [3.05, 3.63) is 23.8 Å². The third kappa shape index (κ3) is 5.89. The van der Waals surface area contributed by atoms with E-state index in [9.17, 15) is 14.7 Å². The van der Waals surface area contributed by atoms with Gasteiger partial charge in [0.05, 0.1) is 18.2 Å². The second-order valence-corrected chi connectivity index (χ2v) is 8.82. The molecule has 1 aromatic carbocycles. The molecular formula is C23H36N4O4. The highest BCUT2D eigenvalue weighted by atomic mass is 16.5. The average molecular weight is 433 g/mol. The lowest BCUT2D eigenvalue weighted by molar-refractivity contribution is 0.0416. The van der Waals surface area contributed by atoms with E-state index in [2.05, 4.69) is 16.0 Å². The number of hydrogen-bond donors (Lipinski definition) is 4. The molecule has 31 heavy (non-hydrogen) atoms. The lowest BCUT2D eigenvalue weighted by Crippen LogP contribution is -2.49. The van der Waals surface area contributed by atoms with Gasteiger partial charge in [-0.05, 0) is 45.0 Å². The van der Waals surface area contributed by atoms with Gasteiger partial charge < -0.3 is 30.7 Å². The van der Waals surface area contributed by atoms with Crippen LogP contribution in [-0.2, 0) is 0 Å². The van der Waals surface area contributed by atoms with Crippen LogP contribution in [0.1, 0.15) is 56.3 Å². The first-order valence-electron chi connectivity index (χ1n) is 11.4. The van der Waals surface area contributed by atoms with E-state index in [0.717, 1.165) is 25.7 Å². The number of aliphatic hydroxyl groups is 1. The molecule has 8 nitrogen and oxygen atoms in total. The molecule has 172 valence electrons. The first kappa shape index (κ1) is 23.3. The maximum absolute atomic E-state index is 13.3. The fourth-order valence-electron chi connectivity index (χ4n) is 4.34. The summed E-state index contributed by atoms with van der Waals surface area (Å²) in [6, 6.07) is 4.80. The molecular weight excluding hydrogens is 396 g/mol. The topological polar surface area (TPSA) is 103 Å². The Hall–Kier alpha value is -2.32. The minimum Gasteiger partial charge on any atom is -0.488 e. The van der Waals surface area contributed by atoms with Crippen LogP contribution < -0.4 is 20.7 Å². The Morgan fingerprint density at radius 3 is 2.71 bits per heavy atom. The zero-order valence-electron chi connectivity index (χ0n) is 18.8. The van der Waals surface area contributed by atoms with Crippen LogP contribution in [0.4, 0.5) is 10.5 Å². The molecule has 2 aliphatic rings. The van der Waals surface area contributed by atoms with Crippen molar-refractivity contribution >= 4 is 17.6 Å². The van der Waals surface area contributed by atoms with Crippen molar-refractivity contribution in [2.24, 2.45) is 5.92 Å². The maximum Gasteiger partial charge on any atom is 0.319 e. The Bertz CT molecular complexity index is 766. The monoisotopic (exact) mass is 432 g/mol. The molecule has 0 radical (unpaired) electrons. The third-order valence-corrected chi connectivity index (χ3v) is 6.27. The maximum atomic E-state index is 13.3. The van der Waals surface area contributed by atoms with E-state index < -0.39 is 0 Å². The van der Waals surface area contributed by atoms with E-state index in [4.69, 9.17) is 4.74 Å². The van der Waals surface area contributed by atoms with Crippen LogP contribution in [0.5, 0.6) is 5.75 Å². The summed E-state index contributed by atoms with van der Waals surface area (Å²) >= 11 is 0. The Labute approximate surface area is 184 Å². The number of rotatable bonds is 6. The number of carbonyl (C=O) groups is 2. The number of urea groups is 1. The van der Waals surface area contributed by atoms with Gasteiger partial charge in [-0.3, -0.25) is 4.79 Å². The number of ether oxygens (including phenoxy) is 1. The molecule has 1 saturated carbocycles. The third-order valence-electron chi connectivity index (χ3n) is 6.27. The molecule has 0 saturated heterocycles. The predicted octanol–water partition coefficient (Wildman–Crippen LogP) is 2.58. The van der Waals surface area contributed by atoms with Crippen LogP contribution in [0.2, 0.25) is 0 Å². The highest BCUT2D eigenvalue weighted by molar-refractivity contribution is 5.99. The first-order valence-corrected chi connectivity index (χ1v) is 11.4. The standard InChI is InChI=1S/C23H36N4O4/c1-15-13-27(16(2)14-28)22(29)19-11-18(9-10-20(19)31-21(15)12-24-3)26-23(30)25-17-7-5-4-6-8-17/h9-11,15-17,21,24,28H,4-8,12-14H2,1-3H3,(H2,25,26,30)/t15-,16-,21+/m0/s1. The van der Waals surface area contributed by atoms with Gasteiger partial charge in [0.1, 0.15) is 11.9 Å². The van der Waals surface area contributed by atoms with Crippen molar-refractivity contribution in [3.8, 4) is 5.75 Å². The van der Waals surface area contributed by atoms with Gasteiger partial charge in [0.15, 0.2) is 0 Å². The SMILES string of the molecule is CNC[C@H]1Oc2ccc(NC(=O)NC3CCCCC3)cc2C(=O)N([C@@H](C)CO)C[C@@H]1C. The molecule has 4 N–H and O–H groups in total. The quantitative estimate of drug-likeness (QED) is 0.553. The predicted molar refractivity (Wildman–Crippen MR) is 121 cm³/mol. The Morgan fingerprint density at radius 1 is 1.29 bits per heavy atom. The van der Waals surface area contributed by atoms with Crippen LogP contribution in [0.25, 0.3) is 0 Å². The second kappa shape index (κ2) is 10.8. The van der Waals surface area contributed by atoms with E-state index in [1.54, 1.807) is 23.1 Å². The van der Waals surface area contributed by atoms with Crippen LogP contribution >= 0.6 is 0 Å². The van der Waals surface area contributed by atoms with Gasteiger partial charge >= 0.3 is 6.03 Å². The van der Waals surface area contributed by atoms with E-state index in [1.165, 1.54) is 6.42 Å². The molecule has 1 fully saturated rings. The van der Waals surface area contributed by atoms with E-state index in [1.807, 2.05) is 20.9 Å². The minimum absolute atomic E-state index is 0.0811. The van der Waals surface area contributed by atoms with Gasteiger partial charge in [0.25, 0.3) is 5.91 Å². The molecule has 0 unspecified atom stereocenters. The molecule has 0 bridgehead atoms. The van der Waals surface area contributed by atoms with Gasteiger partial charge in [-0.1, -0.05) is 26.2 Å². The molecule has 3 amide bonds. The molecule has 1 aliphatic carbocycles. The summed E-state index contributed by atoms with van der Waals surface area (Å²) in [4.78, 5) is 27.5. The number of nitrogens with one attached hydrogen (secondary N) is 3. The summed E-state index contributed by atoms with van der Waals surface area (Å²) in [5, 5.41) is 18.7. The van der Waals surface area contributed by atoms with Gasteiger partial charge in [0, 0.05) is 30.7 Å². The summed E-state index contributed by atoms with van der Waals surface area (Å²) in [5.41, 5.74) is 0.933. The highest BCUT2D eigenvalue weighted by Gasteiger charge is 2.32. The fraction of sp³-hybridized carbons (Fsp3) is 0.652. The summed E-state index contributed by atoms with van der Waals surface area (Å²) in [6.07, 6.45) is 5.38. The summed E-state index contributed by atoms with van der Waals surface area (Å²) < 4.78 is 6.20. The van der Waals surface area contributed by atoms with Crippen LogP contribution in [0.15, 0.2) is 18.2 Å². The van der Waals surface area contributed by atoms with Crippen molar-refractivity contribution in [1.82, 2.24) is 15.5 Å². The number of carbonyl (C=O) groups excluding carboxylic acids is 2. The molecule has 3 rings (SSSR count). The number of anilines is 1. The normalized spacial score (nSPS) is 23.2. The summed E-state index contributed by atoms with van der Waals surface area (Å²) in [6.45, 7) is 4.88. The number of aliphatic hydroxyl groups excluding tert-OH is 1. The number of fused-ring (bicyclic) bond motifs is 1. The van der Waals surface area contributed by atoms with E-state index in [0.29, 0.717) is 30.1 Å². The van der Waals surface area contributed by atoms with Crippen molar-refractivity contribution < 1.29 is 19.4 Å². The van der Waals surface area contributed by atoms with Gasteiger partial charge in [-0.2, -0.15) is 0 Å². The lowest BCUT2D eigenvalue weighted by Gasteiger charge is -2.37. The number of benzene rings is 1. The number of likely N-dealkylation sites (N-methyl/N-ethyl adjacent to an activating group) is 1. The van der Waals surface area contributed by atoms with Gasteiger partial charge in [-0.15, -0.1) is 0 Å². The smallest absolute Gasteiger partial charge is 0.319 e. The van der Waals surface area contributed by atoms with Gasteiger partial charge in [0.2, 0.25) is 0 Å². The fourth-order valence-corrected chi connectivity index (χ4v) is 4.34. The zero-order chi connectivity index (χ0) is 22.4. The van der Waals surface area contributed by atoms with Crippen LogP contribution in [-0.4, -0.2) is 66.9 Å². The highest BCUT2D eigenvalue weighted by Crippen LogP contribution is 2.30. The van der Waals surface area contributed by atoms with Gasteiger partial charge in [-0.25, -0.2) is 4.79 Å². The Balaban J connectivity index is 1.82. The Morgan fingerprint density at radius 2 is 2.03 bits per heavy atom. The molecule has 0 aromatic heterocycles. The number of amides is 3. The molecule has 0 spiro atoms. The second-order valence-electron chi connectivity index (χ2n) is 8.82. The summed E-state index contributed by atoms with van der Waals surface area (Å²) in [5.74, 6) is 0.366. The van der Waals surface area contributed by atoms with E-state index in [-0.39, 0.29) is 42.7 Å². The van der Waals surface area contributed by atoms with Crippen molar-refractivity contribution in [2.75, 3.05) is 32.1 Å². The molecule has 1 aliphatic heterocycles. The molecule has 1 heterocycles. The van der Waals surface area contributed by atoms with Crippen molar-refractivity contribution in [2.45, 2.75) is 64.1 Å². The number of nitrogens with zero attached hydrogens (tertiary/aromatic N) is 1. The largest absolute Gasteiger partial charge is 0.488 e. The van der Waals surface area contributed by atoms with E-state index >= 15 is 0 Å². The summed E-state index contributed by atoms with van der Waals surface area (Å²) in [7, 11) is 1.87. The average Bonchev–Trinajstić information content (AvgIpc) is 2.76. The minimum atomic E-state index is -0.317. The van der Waals surface area contributed by atoms with Crippen molar-refractivity contribution in [1.29, 1.82) is 0 Å². The molecule has 1 aromatic rings. The molecule has 8 heteroatoms. The Kier molecular flexibility index (Phi) is 8.15. The molecule has 3 atom stereocenters.